The van der Waals surface area contributed by atoms with Crippen LogP contribution in [0.25, 0.3) is 0 Å². The van der Waals surface area contributed by atoms with Crippen LogP contribution in [-0.4, -0.2) is 18.4 Å². The summed E-state index contributed by atoms with van der Waals surface area (Å²) in [5, 5.41) is 2.92. The lowest BCUT2D eigenvalue weighted by molar-refractivity contribution is -0.121. The van der Waals surface area contributed by atoms with Gasteiger partial charge >= 0.3 is 0 Å². The molecule has 4 heteroatoms. The molecule has 0 aromatic heterocycles. The number of carbonyl (C=O) groups is 2. The van der Waals surface area contributed by atoms with Crippen LogP contribution in [0.2, 0.25) is 0 Å². The number of aryl methyl sites for hydroxylation is 3. The molecule has 1 N–H and O–H groups in total. The number of benzene rings is 2. The lowest BCUT2D eigenvalue weighted by atomic mass is 10.1. The molecular weight excluding hydrogens is 312 g/mol. The minimum absolute atomic E-state index is 0.0582. The highest BCUT2D eigenvalue weighted by atomic mass is 16.2. The summed E-state index contributed by atoms with van der Waals surface area (Å²) in [5.41, 5.74) is 5.29. The number of rotatable bonds is 6. The summed E-state index contributed by atoms with van der Waals surface area (Å²) >= 11 is 0. The third kappa shape index (κ3) is 5.75. The maximum Gasteiger partial charge on any atom is 0.223 e. The van der Waals surface area contributed by atoms with Gasteiger partial charge in [-0.05, 0) is 49.6 Å². The highest BCUT2D eigenvalue weighted by molar-refractivity contribution is 5.92. The minimum Gasteiger partial charge on any atom is -0.352 e. The van der Waals surface area contributed by atoms with Crippen molar-refractivity contribution in [2.75, 3.05) is 11.4 Å². The number of hydrogen-bond donors (Lipinski definition) is 1. The standard InChI is InChI=1S/C21H26N2O2/c1-15-6-5-7-19(11-15)14-22-21(25)8-9-23(18(4)24)20-12-16(2)10-17(3)13-20/h5-7,10-13H,8-9,14H2,1-4H3,(H,22,25). The molecule has 0 spiro atoms. The van der Waals surface area contributed by atoms with Crippen molar-refractivity contribution in [2.24, 2.45) is 0 Å². The maximum absolute atomic E-state index is 12.1. The molecule has 0 unspecified atom stereocenters. The van der Waals surface area contributed by atoms with Crippen LogP contribution in [-0.2, 0) is 16.1 Å². The molecule has 132 valence electrons. The molecular formula is C21H26N2O2. The van der Waals surface area contributed by atoms with Crippen molar-refractivity contribution in [3.63, 3.8) is 0 Å². The predicted molar refractivity (Wildman–Crippen MR) is 102 cm³/mol. The Kier molecular flexibility index (Phi) is 6.34. The molecule has 0 atom stereocenters. The van der Waals surface area contributed by atoms with Gasteiger partial charge in [-0.2, -0.15) is 0 Å². The van der Waals surface area contributed by atoms with E-state index in [9.17, 15) is 9.59 Å². The Balaban J connectivity index is 1.94. The normalized spacial score (nSPS) is 10.4. The van der Waals surface area contributed by atoms with Crippen LogP contribution in [0.3, 0.4) is 0 Å². The molecule has 0 saturated carbocycles. The highest BCUT2D eigenvalue weighted by Crippen LogP contribution is 2.19. The topological polar surface area (TPSA) is 49.4 Å². The van der Waals surface area contributed by atoms with Gasteiger partial charge in [-0.25, -0.2) is 0 Å². The van der Waals surface area contributed by atoms with E-state index in [2.05, 4.69) is 17.4 Å². The molecule has 4 nitrogen and oxygen atoms in total. The second kappa shape index (κ2) is 8.47. The van der Waals surface area contributed by atoms with E-state index in [1.54, 1.807) is 4.90 Å². The van der Waals surface area contributed by atoms with Crippen molar-refractivity contribution in [1.82, 2.24) is 5.32 Å². The zero-order valence-electron chi connectivity index (χ0n) is 15.4. The van der Waals surface area contributed by atoms with E-state index in [1.807, 2.05) is 51.1 Å². The van der Waals surface area contributed by atoms with Crippen LogP contribution in [0, 0.1) is 20.8 Å². The number of carbonyl (C=O) groups excluding carboxylic acids is 2. The first-order chi connectivity index (χ1) is 11.8. The zero-order valence-corrected chi connectivity index (χ0v) is 15.4. The average Bonchev–Trinajstić information content (AvgIpc) is 2.52. The van der Waals surface area contributed by atoms with E-state index in [4.69, 9.17) is 0 Å². The van der Waals surface area contributed by atoms with E-state index in [0.29, 0.717) is 13.1 Å². The molecule has 0 aliphatic carbocycles. The van der Waals surface area contributed by atoms with Crippen molar-refractivity contribution >= 4 is 17.5 Å². The van der Waals surface area contributed by atoms with Gasteiger partial charge in [0.25, 0.3) is 0 Å². The van der Waals surface area contributed by atoms with E-state index in [1.165, 1.54) is 12.5 Å². The third-order valence-corrected chi connectivity index (χ3v) is 4.03. The molecule has 0 radical (unpaired) electrons. The van der Waals surface area contributed by atoms with Crippen molar-refractivity contribution in [2.45, 2.75) is 40.7 Å². The molecule has 2 rings (SSSR count). The van der Waals surface area contributed by atoms with Crippen molar-refractivity contribution in [3.8, 4) is 0 Å². The fourth-order valence-electron chi connectivity index (χ4n) is 2.90. The van der Waals surface area contributed by atoms with Gasteiger partial charge in [0.05, 0.1) is 0 Å². The molecule has 2 aromatic carbocycles. The summed E-state index contributed by atoms with van der Waals surface area (Å²) < 4.78 is 0. The first kappa shape index (κ1) is 18.7. The Morgan fingerprint density at radius 1 is 0.960 bits per heavy atom. The Morgan fingerprint density at radius 3 is 2.24 bits per heavy atom. The van der Waals surface area contributed by atoms with Gasteiger partial charge in [0, 0.05) is 32.1 Å². The number of anilines is 1. The highest BCUT2D eigenvalue weighted by Gasteiger charge is 2.14. The summed E-state index contributed by atoms with van der Waals surface area (Å²) in [6, 6.07) is 14.1. The van der Waals surface area contributed by atoms with Gasteiger partial charge in [-0.3, -0.25) is 9.59 Å². The Labute approximate surface area is 149 Å². The van der Waals surface area contributed by atoms with Crippen molar-refractivity contribution in [3.05, 3.63) is 64.7 Å². The molecule has 25 heavy (non-hydrogen) atoms. The molecule has 2 amide bonds. The SMILES string of the molecule is CC(=O)N(CCC(=O)NCc1cccc(C)c1)c1cc(C)cc(C)c1. The van der Waals surface area contributed by atoms with Gasteiger partial charge in [0.2, 0.25) is 11.8 Å². The monoisotopic (exact) mass is 338 g/mol. The second-order valence-electron chi connectivity index (χ2n) is 6.53. The van der Waals surface area contributed by atoms with Crippen LogP contribution in [0.5, 0.6) is 0 Å². The molecule has 0 saturated heterocycles. The van der Waals surface area contributed by atoms with E-state index < -0.39 is 0 Å². The quantitative estimate of drug-likeness (QED) is 0.873. The van der Waals surface area contributed by atoms with Crippen LogP contribution in [0.15, 0.2) is 42.5 Å². The van der Waals surface area contributed by atoms with Gasteiger partial charge in [0.1, 0.15) is 0 Å². The molecule has 0 aliphatic rings. The third-order valence-electron chi connectivity index (χ3n) is 4.03. The number of nitrogens with one attached hydrogen (secondary N) is 1. The number of nitrogens with zero attached hydrogens (tertiary/aromatic N) is 1. The second-order valence-corrected chi connectivity index (χ2v) is 6.53. The van der Waals surface area contributed by atoms with Crippen LogP contribution in [0.1, 0.15) is 35.6 Å². The van der Waals surface area contributed by atoms with E-state index in [-0.39, 0.29) is 18.2 Å². The Bertz CT molecular complexity index is 748. The predicted octanol–water partition coefficient (Wildman–Crippen LogP) is 3.67. The van der Waals surface area contributed by atoms with Crippen LogP contribution in [0.4, 0.5) is 5.69 Å². The van der Waals surface area contributed by atoms with Gasteiger partial charge < -0.3 is 10.2 Å². The van der Waals surface area contributed by atoms with Crippen molar-refractivity contribution in [1.29, 1.82) is 0 Å². The Hall–Kier alpha value is -2.62. The van der Waals surface area contributed by atoms with E-state index in [0.717, 1.165) is 22.4 Å². The molecule has 0 bridgehead atoms. The maximum atomic E-state index is 12.1. The zero-order chi connectivity index (χ0) is 18.4. The van der Waals surface area contributed by atoms with E-state index >= 15 is 0 Å². The first-order valence-electron chi connectivity index (χ1n) is 8.54. The fraction of sp³-hybridized carbons (Fsp3) is 0.333. The largest absolute Gasteiger partial charge is 0.352 e. The minimum atomic E-state index is -0.0588. The summed E-state index contributed by atoms with van der Waals surface area (Å²) in [7, 11) is 0. The molecule has 0 heterocycles. The molecule has 0 fully saturated rings. The summed E-state index contributed by atoms with van der Waals surface area (Å²) in [4.78, 5) is 25.8. The van der Waals surface area contributed by atoms with Gasteiger partial charge in [0.15, 0.2) is 0 Å². The van der Waals surface area contributed by atoms with Crippen LogP contribution >= 0.6 is 0 Å². The fourth-order valence-corrected chi connectivity index (χ4v) is 2.90. The lowest BCUT2D eigenvalue weighted by Gasteiger charge is -2.22. The number of hydrogen-bond acceptors (Lipinski definition) is 2. The smallest absolute Gasteiger partial charge is 0.223 e. The lowest BCUT2D eigenvalue weighted by Crippen LogP contribution is -2.33. The Morgan fingerprint density at radius 2 is 1.64 bits per heavy atom. The van der Waals surface area contributed by atoms with Gasteiger partial charge in [-0.1, -0.05) is 35.9 Å². The van der Waals surface area contributed by atoms with Crippen molar-refractivity contribution < 1.29 is 9.59 Å². The summed E-state index contributed by atoms with van der Waals surface area (Å²) in [6.07, 6.45) is 0.276. The van der Waals surface area contributed by atoms with Gasteiger partial charge in [-0.15, -0.1) is 0 Å². The molecule has 0 aliphatic heterocycles. The summed E-state index contributed by atoms with van der Waals surface area (Å²) in [5.74, 6) is -0.117. The van der Waals surface area contributed by atoms with Crippen LogP contribution < -0.4 is 10.2 Å². The number of amides is 2. The molecule has 2 aromatic rings. The average molecular weight is 338 g/mol. The first-order valence-corrected chi connectivity index (χ1v) is 8.54. The summed E-state index contributed by atoms with van der Waals surface area (Å²) in [6.45, 7) is 8.44.